The Kier molecular flexibility index (Phi) is 4.75. The maximum atomic E-state index is 13.2. The standard InChI is InChI=1S/C20H20N2O2/c1-2-15-24-19(23)20(18-21-13-14-22-18,16-9-5-3-6-10-16)17-11-7-4-8-12-17/h3-14H,2,15H2,1H3,(H,21,22). The van der Waals surface area contributed by atoms with Crippen LogP contribution in [0.4, 0.5) is 0 Å². The smallest absolute Gasteiger partial charge is 0.328 e. The van der Waals surface area contributed by atoms with E-state index in [2.05, 4.69) is 9.97 Å². The molecule has 0 unspecified atom stereocenters. The van der Waals surface area contributed by atoms with E-state index < -0.39 is 5.41 Å². The van der Waals surface area contributed by atoms with E-state index in [1.165, 1.54) is 0 Å². The Bertz CT molecular complexity index is 728. The molecule has 4 heteroatoms. The SMILES string of the molecule is CCCOC(=O)C(c1ccccc1)(c1ccccc1)c1ncc[nH]1. The molecule has 3 aromatic rings. The highest BCUT2D eigenvalue weighted by molar-refractivity contribution is 5.91. The van der Waals surface area contributed by atoms with Crippen LogP contribution in [0.25, 0.3) is 0 Å². The normalized spacial score (nSPS) is 11.2. The summed E-state index contributed by atoms with van der Waals surface area (Å²) in [6, 6.07) is 19.3. The van der Waals surface area contributed by atoms with Gasteiger partial charge in [-0.2, -0.15) is 0 Å². The van der Waals surface area contributed by atoms with Crippen molar-refractivity contribution < 1.29 is 9.53 Å². The van der Waals surface area contributed by atoms with Crippen LogP contribution in [0.3, 0.4) is 0 Å². The molecular formula is C20H20N2O2. The third kappa shape index (κ3) is 2.71. The topological polar surface area (TPSA) is 55.0 Å². The Morgan fingerprint density at radius 2 is 1.62 bits per heavy atom. The van der Waals surface area contributed by atoms with Crippen molar-refractivity contribution in [3.63, 3.8) is 0 Å². The Morgan fingerprint density at radius 1 is 1.04 bits per heavy atom. The zero-order chi connectivity index (χ0) is 16.8. The fourth-order valence-electron chi connectivity index (χ4n) is 2.92. The Labute approximate surface area is 141 Å². The number of imidazole rings is 1. The molecule has 0 bridgehead atoms. The quantitative estimate of drug-likeness (QED) is 0.705. The average molecular weight is 320 g/mol. The minimum atomic E-state index is -1.11. The Morgan fingerprint density at radius 3 is 2.08 bits per heavy atom. The van der Waals surface area contributed by atoms with Gasteiger partial charge in [-0.3, -0.25) is 4.79 Å². The first-order valence-corrected chi connectivity index (χ1v) is 8.08. The summed E-state index contributed by atoms with van der Waals surface area (Å²) in [4.78, 5) is 20.8. The van der Waals surface area contributed by atoms with Crippen molar-refractivity contribution >= 4 is 5.97 Å². The molecule has 1 heterocycles. The second-order valence-corrected chi connectivity index (χ2v) is 5.56. The van der Waals surface area contributed by atoms with Crippen molar-refractivity contribution in [2.45, 2.75) is 18.8 Å². The highest BCUT2D eigenvalue weighted by Crippen LogP contribution is 2.38. The minimum absolute atomic E-state index is 0.322. The summed E-state index contributed by atoms with van der Waals surface area (Å²) in [5.41, 5.74) is 0.542. The molecule has 0 spiro atoms. The number of rotatable bonds is 6. The zero-order valence-electron chi connectivity index (χ0n) is 13.6. The lowest BCUT2D eigenvalue weighted by atomic mass is 9.73. The fourth-order valence-corrected chi connectivity index (χ4v) is 2.92. The first-order chi connectivity index (χ1) is 11.8. The van der Waals surface area contributed by atoms with Crippen LogP contribution in [0.2, 0.25) is 0 Å². The number of carbonyl (C=O) groups excluding carboxylic acids is 1. The number of aromatic amines is 1. The van der Waals surface area contributed by atoms with Crippen molar-refractivity contribution in [2.75, 3.05) is 6.61 Å². The van der Waals surface area contributed by atoms with Crippen LogP contribution in [0, 0.1) is 0 Å². The van der Waals surface area contributed by atoms with E-state index in [0.29, 0.717) is 12.4 Å². The van der Waals surface area contributed by atoms with Gasteiger partial charge in [0.25, 0.3) is 0 Å². The lowest BCUT2D eigenvalue weighted by Gasteiger charge is -2.31. The number of hydrogen-bond acceptors (Lipinski definition) is 3. The monoisotopic (exact) mass is 320 g/mol. The van der Waals surface area contributed by atoms with E-state index in [4.69, 9.17) is 4.74 Å². The van der Waals surface area contributed by atoms with Crippen LogP contribution in [-0.2, 0) is 14.9 Å². The van der Waals surface area contributed by atoms with E-state index in [1.54, 1.807) is 12.4 Å². The van der Waals surface area contributed by atoms with Crippen molar-refractivity contribution in [1.29, 1.82) is 0 Å². The van der Waals surface area contributed by atoms with E-state index >= 15 is 0 Å². The second-order valence-electron chi connectivity index (χ2n) is 5.56. The number of benzene rings is 2. The van der Waals surface area contributed by atoms with Crippen LogP contribution in [0.1, 0.15) is 30.3 Å². The molecule has 0 amide bonds. The predicted molar refractivity (Wildman–Crippen MR) is 92.6 cm³/mol. The molecule has 0 aliphatic carbocycles. The maximum absolute atomic E-state index is 13.2. The largest absolute Gasteiger partial charge is 0.464 e. The van der Waals surface area contributed by atoms with Crippen LogP contribution >= 0.6 is 0 Å². The van der Waals surface area contributed by atoms with Gasteiger partial charge in [-0.05, 0) is 17.5 Å². The van der Waals surface area contributed by atoms with E-state index in [1.807, 2.05) is 67.6 Å². The minimum Gasteiger partial charge on any atom is -0.464 e. The van der Waals surface area contributed by atoms with Crippen LogP contribution in [-0.4, -0.2) is 22.5 Å². The van der Waals surface area contributed by atoms with Gasteiger partial charge in [-0.15, -0.1) is 0 Å². The summed E-state index contributed by atoms with van der Waals surface area (Å²) in [6.07, 6.45) is 4.15. The number of ether oxygens (including phenoxy) is 1. The van der Waals surface area contributed by atoms with Gasteiger partial charge >= 0.3 is 5.97 Å². The molecule has 24 heavy (non-hydrogen) atoms. The van der Waals surface area contributed by atoms with Crippen molar-refractivity contribution in [2.24, 2.45) is 0 Å². The molecule has 0 fully saturated rings. The highest BCUT2D eigenvalue weighted by Gasteiger charge is 2.47. The van der Waals surface area contributed by atoms with Gasteiger partial charge in [0.1, 0.15) is 5.82 Å². The van der Waals surface area contributed by atoms with E-state index in [9.17, 15) is 4.79 Å². The molecule has 1 aromatic heterocycles. The van der Waals surface area contributed by atoms with Gasteiger partial charge in [-0.25, -0.2) is 4.98 Å². The van der Waals surface area contributed by atoms with Gasteiger partial charge in [0, 0.05) is 12.4 Å². The Hall–Kier alpha value is -2.88. The number of nitrogens with zero attached hydrogens (tertiary/aromatic N) is 1. The van der Waals surface area contributed by atoms with Crippen LogP contribution in [0.15, 0.2) is 73.1 Å². The van der Waals surface area contributed by atoms with Gasteiger partial charge in [-0.1, -0.05) is 67.6 Å². The molecule has 122 valence electrons. The van der Waals surface area contributed by atoms with Crippen LogP contribution in [0.5, 0.6) is 0 Å². The first-order valence-electron chi connectivity index (χ1n) is 8.08. The van der Waals surface area contributed by atoms with E-state index in [0.717, 1.165) is 17.5 Å². The number of nitrogens with one attached hydrogen (secondary N) is 1. The number of aromatic nitrogens is 2. The van der Waals surface area contributed by atoms with Crippen molar-refractivity contribution in [3.8, 4) is 0 Å². The van der Waals surface area contributed by atoms with Gasteiger partial charge in [0.2, 0.25) is 0 Å². The predicted octanol–water partition coefficient (Wildman–Crippen LogP) is 3.70. The van der Waals surface area contributed by atoms with Crippen molar-refractivity contribution in [1.82, 2.24) is 9.97 Å². The van der Waals surface area contributed by atoms with Gasteiger partial charge < -0.3 is 9.72 Å². The third-order valence-corrected chi connectivity index (χ3v) is 4.01. The molecule has 4 nitrogen and oxygen atoms in total. The maximum Gasteiger partial charge on any atom is 0.328 e. The molecule has 2 aromatic carbocycles. The lowest BCUT2D eigenvalue weighted by Crippen LogP contribution is -2.41. The zero-order valence-corrected chi connectivity index (χ0v) is 13.6. The molecule has 0 saturated heterocycles. The number of hydrogen-bond donors (Lipinski definition) is 1. The molecular weight excluding hydrogens is 300 g/mol. The summed E-state index contributed by atoms with van der Waals surface area (Å²) in [7, 11) is 0. The third-order valence-electron chi connectivity index (χ3n) is 4.01. The summed E-state index contributed by atoms with van der Waals surface area (Å²) in [5, 5.41) is 0. The molecule has 0 aliphatic heterocycles. The van der Waals surface area contributed by atoms with Crippen LogP contribution < -0.4 is 0 Å². The number of carbonyl (C=O) groups is 1. The Balaban J connectivity index is 2.27. The van der Waals surface area contributed by atoms with E-state index in [-0.39, 0.29) is 5.97 Å². The molecule has 1 N–H and O–H groups in total. The van der Waals surface area contributed by atoms with Gasteiger partial charge in [0.15, 0.2) is 5.41 Å². The lowest BCUT2D eigenvalue weighted by molar-refractivity contribution is -0.147. The average Bonchev–Trinajstić information content (AvgIpc) is 3.17. The summed E-state index contributed by atoms with van der Waals surface area (Å²) < 4.78 is 5.59. The van der Waals surface area contributed by atoms with Gasteiger partial charge in [0.05, 0.1) is 6.61 Å². The summed E-state index contributed by atoms with van der Waals surface area (Å²) >= 11 is 0. The summed E-state index contributed by atoms with van der Waals surface area (Å²) in [6.45, 7) is 2.36. The second kappa shape index (κ2) is 7.13. The number of H-pyrrole nitrogens is 1. The first kappa shape index (κ1) is 16.0. The highest BCUT2D eigenvalue weighted by atomic mass is 16.5. The molecule has 0 saturated carbocycles. The molecule has 0 atom stereocenters. The summed E-state index contributed by atoms with van der Waals surface area (Å²) in [5.74, 6) is 0.234. The number of esters is 1. The molecule has 0 radical (unpaired) electrons. The fraction of sp³-hybridized carbons (Fsp3) is 0.200. The molecule has 0 aliphatic rings. The van der Waals surface area contributed by atoms with Crippen molar-refractivity contribution in [3.05, 3.63) is 90.0 Å². The molecule has 3 rings (SSSR count).